The first kappa shape index (κ1) is 27.8. The minimum atomic E-state index is -3.62. The first-order valence-corrected chi connectivity index (χ1v) is 14.4. The molecular formula is C26H36N6O2S2. The minimum absolute atomic E-state index is 0.0815. The van der Waals surface area contributed by atoms with Crippen LogP contribution >= 0.6 is 11.3 Å². The summed E-state index contributed by atoms with van der Waals surface area (Å²) < 4.78 is 28.2. The molecule has 0 aliphatic carbocycles. The summed E-state index contributed by atoms with van der Waals surface area (Å²) in [7, 11) is 0.126. The van der Waals surface area contributed by atoms with Gasteiger partial charge in [-0.1, -0.05) is 13.0 Å². The average molecular weight is 529 g/mol. The zero-order valence-electron chi connectivity index (χ0n) is 21.6. The number of nitrogens with one attached hydrogen (secondary N) is 2. The molecule has 8 nitrogen and oxygen atoms in total. The SMILES string of the molecule is C/C=C(\C)Nc1ccnc(Nc2ccc(S(=O)(=O)N(C)C(CC)CCN(C)Cc3ccsc3)cc2)n1. The normalized spacial score (nSPS) is 13.2. The van der Waals surface area contributed by atoms with E-state index >= 15 is 0 Å². The average Bonchev–Trinajstić information content (AvgIpc) is 3.37. The van der Waals surface area contributed by atoms with Gasteiger partial charge in [0.15, 0.2) is 0 Å². The highest BCUT2D eigenvalue weighted by molar-refractivity contribution is 7.89. The molecule has 0 bridgehead atoms. The summed E-state index contributed by atoms with van der Waals surface area (Å²) >= 11 is 1.69. The van der Waals surface area contributed by atoms with Crippen molar-refractivity contribution in [3.63, 3.8) is 0 Å². The second-order valence-electron chi connectivity index (χ2n) is 8.75. The second-order valence-corrected chi connectivity index (χ2v) is 11.5. The van der Waals surface area contributed by atoms with Crippen molar-refractivity contribution in [2.45, 2.75) is 51.1 Å². The van der Waals surface area contributed by atoms with Crippen molar-refractivity contribution in [2.24, 2.45) is 0 Å². The third-order valence-corrected chi connectivity index (χ3v) is 8.72. The van der Waals surface area contributed by atoms with Gasteiger partial charge in [-0.25, -0.2) is 13.4 Å². The Morgan fingerprint density at radius 2 is 1.92 bits per heavy atom. The van der Waals surface area contributed by atoms with E-state index in [1.54, 1.807) is 54.9 Å². The fraction of sp³-hybridized carbons (Fsp3) is 0.385. The Morgan fingerprint density at radius 1 is 1.17 bits per heavy atom. The molecule has 1 atom stereocenters. The first-order chi connectivity index (χ1) is 17.2. The molecule has 2 heterocycles. The lowest BCUT2D eigenvalue weighted by Gasteiger charge is -2.28. The maximum atomic E-state index is 13.3. The van der Waals surface area contributed by atoms with Crippen LogP contribution in [0.25, 0.3) is 0 Å². The molecule has 0 fully saturated rings. The first-order valence-electron chi connectivity index (χ1n) is 12.0. The zero-order chi connectivity index (χ0) is 26.1. The third kappa shape index (κ3) is 7.60. The number of nitrogens with zero attached hydrogens (tertiary/aromatic N) is 4. The van der Waals surface area contributed by atoms with Crippen LogP contribution < -0.4 is 10.6 Å². The molecule has 194 valence electrons. The number of thiophene rings is 1. The van der Waals surface area contributed by atoms with Gasteiger partial charge in [0.1, 0.15) is 5.82 Å². The van der Waals surface area contributed by atoms with Crippen LogP contribution in [0.15, 0.2) is 70.0 Å². The molecule has 0 saturated heterocycles. The number of hydrogen-bond acceptors (Lipinski definition) is 8. The number of sulfonamides is 1. The maximum Gasteiger partial charge on any atom is 0.243 e. The van der Waals surface area contributed by atoms with Crippen LogP contribution in [0.2, 0.25) is 0 Å². The van der Waals surface area contributed by atoms with E-state index in [1.165, 1.54) is 9.87 Å². The Morgan fingerprint density at radius 3 is 2.56 bits per heavy atom. The molecule has 1 unspecified atom stereocenters. The van der Waals surface area contributed by atoms with E-state index in [4.69, 9.17) is 0 Å². The number of benzene rings is 1. The maximum absolute atomic E-state index is 13.3. The van der Waals surface area contributed by atoms with Crippen LogP contribution in [-0.2, 0) is 16.6 Å². The predicted molar refractivity (Wildman–Crippen MR) is 149 cm³/mol. The van der Waals surface area contributed by atoms with E-state index in [0.29, 0.717) is 17.5 Å². The third-order valence-electron chi connectivity index (χ3n) is 6.06. The van der Waals surface area contributed by atoms with Gasteiger partial charge in [0.2, 0.25) is 16.0 Å². The molecule has 36 heavy (non-hydrogen) atoms. The van der Waals surface area contributed by atoms with E-state index in [0.717, 1.165) is 31.6 Å². The lowest BCUT2D eigenvalue weighted by Crippen LogP contribution is -2.38. The molecule has 10 heteroatoms. The molecule has 0 radical (unpaired) electrons. The highest BCUT2D eigenvalue weighted by atomic mass is 32.2. The van der Waals surface area contributed by atoms with Gasteiger partial charge >= 0.3 is 0 Å². The van der Waals surface area contributed by atoms with Crippen molar-refractivity contribution in [1.29, 1.82) is 0 Å². The molecule has 0 amide bonds. The van der Waals surface area contributed by atoms with E-state index in [1.807, 2.05) is 26.8 Å². The highest BCUT2D eigenvalue weighted by Crippen LogP contribution is 2.23. The minimum Gasteiger partial charge on any atom is -0.344 e. The van der Waals surface area contributed by atoms with E-state index in [2.05, 4.69) is 49.4 Å². The second kappa shape index (κ2) is 13.0. The molecule has 0 spiro atoms. The molecule has 2 aromatic heterocycles. The summed E-state index contributed by atoms with van der Waals surface area (Å²) in [6.45, 7) is 7.62. The van der Waals surface area contributed by atoms with E-state index < -0.39 is 10.0 Å². The Hall–Kier alpha value is -2.79. The largest absolute Gasteiger partial charge is 0.344 e. The van der Waals surface area contributed by atoms with Gasteiger partial charge in [0, 0.05) is 37.2 Å². The summed E-state index contributed by atoms with van der Waals surface area (Å²) in [6.07, 6.45) is 5.13. The van der Waals surface area contributed by atoms with Gasteiger partial charge in [0.05, 0.1) is 4.90 Å². The molecule has 0 aliphatic heterocycles. The summed E-state index contributed by atoms with van der Waals surface area (Å²) in [5, 5.41) is 10.5. The van der Waals surface area contributed by atoms with Crippen molar-refractivity contribution in [1.82, 2.24) is 19.2 Å². The standard InChI is InChI=1S/C26H36N6O2S2/c1-6-20(3)28-25-12-15-27-26(30-25)29-22-8-10-24(11-9-22)36(33,34)32(5)23(7-2)13-16-31(4)18-21-14-17-35-19-21/h6,8-12,14-15,17,19,23H,7,13,16,18H2,1-5H3,(H2,27,28,29,30)/b20-6+. The van der Waals surface area contributed by atoms with Gasteiger partial charge in [-0.3, -0.25) is 0 Å². The highest BCUT2D eigenvalue weighted by Gasteiger charge is 2.27. The molecule has 2 N–H and O–H groups in total. The van der Waals surface area contributed by atoms with Crippen molar-refractivity contribution in [3.8, 4) is 0 Å². The predicted octanol–water partition coefficient (Wildman–Crippen LogP) is 5.54. The zero-order valence-corrected chi connectivity index (χ0v) is 23.2. The lowest BCUT2D eigenvalue weighted by molar-refractivity contribution is 0.265. The number of allylic oxidation sites excluding steroid dienone is 2. The Bertz CT molecular complexity index is 1230. The van der Waals surface area contributed by atoms with E-state index in [-0.39, 0.29) is 10.9 Å². The quantitative estimate of drug-likeness (QED) is 0.301. The molecule has 3 aromatic rings. The number of hydrogen-bond donors (Lipinski definition) is 2. The molecular weight excluding hydrogens is 492 g/mol. The van der Waals surface area contributed by atoms with Crippen molar-refractivity contribution >= 4 is 38.8 Å². The monoisotopic (exact) mass is 528 g/mol. The topological polar surface area (TPSA) is 90.5 Å². The van der Waals surface area contributed by atoms with Gasteiger partial charge in [0.25, 0.3) is 0 Å². The van der Waals surface area contributed by atoms with Gasteiger partial charge in [-0.15, -0.1) is 0 Å². The van der Waals surface area contributed by atoms with Gasteiger partial charge < -0.3 is 15.5 Å². The number of aromatic nitrogens is 2. The molecule has 0 aliphatic rings. The fourth-order valence-corrected chi connectivity index (χ4v) is 5.87. The Kier molecular flexibility index (Phi) is 10.0. The summed E-state index contributed by atoms with van der Waals surface area (Å²) in [5.41, 5.74) is 2.97. The van der Waals surface area contributed by atoms with Crippen LogP contribution in [0.1, 0.15) is 39.2 Å². The Balaban J connectivity index is 1.62. The number of anilines is 3. The van der Waals surface area contributed by atoms with Gasteiger partial charge in [-0.2, -0.15) is 20.6 Å². The van der Waals surface area contributed by atoms with Crippen molar-refractivity contribution in [3.05, 3.63) is 70.7 Å². The van der Waals surface area contributed by atoms with Crippen LogP contribution in [0.5, 0.6) is 0 Å². The van der Waals surface area contributed by atoms with Gasteiger partial charge in [-0.05, 0) is 93.0 Å². The number of rotatable bonds is 13. The molecule has 0 saturated carbocycles. The summed E-state index contributed by atoms with van der Waals surface area (Å²) in [6, 6.07) is 10.5. The Labute approximate surface area is 219 Å². The summed E-state index contributed by atoms with van der Waals surface area (Å²) in [4.78, 5) is 11.2. The molecule has 3 rings (SSSR count). The van der Waals surface area contributed by atoms with Crippen LogP contribution in [0.4, 0.5) is 17.5 Å². The van der Waals surface area contributed by atoms with Crippen molar-refractivity contribution in [2.75, 3.05) is 31.3 Å². The fourth-order valence-electron chi connectivity index (χ4n) is 3.75. The summed E-state index contributed by atoms with van der Waals surface area (Å²) in [5.74, 6) is 1.10. The van der Waals surface area contributed by atoms with E-state index in [9.17, 15) is 8.42 Å². The van der Waals surface area contributed by atoms with Crippen LogP contribution in [-0.4, -0.2) is 54.3 Å². The lowest BCUT2D eigenvalue weighted by atomic mass is 10.1. The molecule has 1 aromatic carbocycles. The van der Waals surface area contributed by atoms with Crippen molar-refractivity contribution < 1.29 is 8.42 Å². The van der Waals surface area contributed by atoms with Crippen LogP contribution in [0, 0.1) is 0 Å². The van der Waals surface area contributed by atoms with Crippen LogP contribution in [0.3, 0.4) is 0 Å². The smallest absolute Gasteiger partial charge is 0.243 e.